The molecule has 1 amide bonds. The Labute approximate surface area is 186 Å². The molecule has 32 heavy (non-hydrogen) atoms. The Kier molecular flexibility index (Phi) is 4.99. The molecule has 5 N–H and O–H groups in total. The number of fused-ring (bicyclic) bond motifs is 2. The Morgan fingerprint density at radius 3 is 2.78 bits per heavy atom. The SMILES string of the molecule is Cn1ncc(NC(=O)c2nc(-c3c(F)cccc3F)sc2N)c1[C@@]12CC[C@H](N)[C@@H](CC1)O2. The van der Waals surface area contributed by atoms with E-state index in [1.807, 2.05) is 0 Å². The zero-order valence-corrected chi connectivity index (χ0v) is 18.1. The number of nitrogens with zero attached hydrogens (tertiary/aromatic N) is 3. The fourth-order valence-corrected chi connectivity index (χ4v) is 5.58. The summed E-state index contributed by atoms with van der Waals surface area (Å²) in [5, 5.41) is 7.18. The molecule has 1 aromatic carbocycles. The second kappa shape index (κ2) is 7.61. The summed E-state index contributed by atoms with van der Waals surface area (Å²) in [4.78, 5) is 17.1. The molecule has 2 fully saturated rings. The monoisotopic (exact) mass is 460 g/mol. The zero-order chi connectivity index (χ0) is 22.6. The van der Waals surface area contributed by atoms with Crippen molar-refractivity contribution in [1.29, 1.82) is 0 Å². The summed E-state index contributed by atoms with van der Waals surface area (Å²) in [6.45, 7) is 0. The lowest BCUT2D eigenvalue weighted by molar-refractivity contribution is -0.0941. The fourth-order valence-electron chi connectivity index (χ4n) is 4.70. The highest BCUT2D eigenvalue weighted by Gasteiger charge is 2.50. The van der Waals surface area contributed by atoms with Gasteiger partial charge in [0.1, 0.15) is 27.2 Å². The molecule has 0 spiro atoms. The van der Waals surface area contributed by atoms with Gasteiger partial charge in [0.25, 0.3) is 5.91 Å². The van der Waals surface area contributed by atoms with Crippen LogP contribution in [-0.2, 0) is 17.4 Å². The van der Waals surface area contributed by atoms with E-state index in [1.54, 1.807) is 17.9 Å². The lowest BCUT2D eigenvalue weighted by atomic mass is 9.89. The van der Waals surface area contributed by atoms with Gasteiger partial charge in [-0.3, -0.25) is 9.48 Å². The second-order valence-electron chi connectivity index (χ2n) is 8.20. The number of halogens is 2. The maximum absolute atomic E-state index is 14.2. The molecule has 8 nitrogen and oxygen atoms in total. The molecular weight excluding hydrogens is 438 g/mol. The standard InChI is InChI=1S/C21H22F2N6O2S/c1-29-17(21-7-5-12(24)14(31-21)6-8-21)13(9-26-29)27-19(30)16-18(25)32-20(28-16)15-10(22)3-2-4-11(15)23/h2-4,9,12,14H,5-8,24-25H2,1H3,(H,27,30)/t12-,14+,21+/m0/s1. The van der Waals surface area contributed by atoms with Gasteiger partial charge in [0.15, 0.2) is 5.69 Å². The number of nitrogens with one attached hydrogen (secondary N) is 1. The quantitative estimate of drug-likeness (QED) is 0.550. The average molecular weight is 461 g/mol. The van der Waals surface area contributed by atoms with Crippen molar-refractivity contribution in [3.63, 3.8) is 0 Å². The van der Waals surface area contributed by atoms with Crippen molar-refractivity contribution in [3.8, 4) is 10.6 Å². The van der Waals surface area contributed by atoms with Crippen molar-refractivity contribution in [2.75, 3.05) is 11.1 Å². The van der Waals surface area contributed by atoms with Crippen LogP contribution in [0, 0.1) is 11.6 Å². The van der Waals surface area contributed by atoms with Crippen LogP contribution in [0.2, 0.25) is 0 Å². The van der Waals surface area contributed by atoms with Gasteiger partial charge in [0, 0.05) is 13.1 Å². The first kappa shape index (κ1) is 21.0. The van der Waals surface area contributed by atoms with Crippen LogP contribution in [0.3, 0.4) is 0 Å². The molecule has 5 rings (SSSR count). The highest BCUT2D eigenvalue weighted by Crippen LogP contribution is 2.49. The number of anilines is 2. The van der Waals surface area contributed by atoms with Gasteiger partial charge in [-0.05, 0) is 37.8 Å². The first-order valence-electron chi connectivity index (χ1n) is 10.3. The number of hydrogen-bond donors (Lipinski definition) is 3. The number of hydrogen-bond acceptors (Lipinski definition) is 7. The molecular formula is C21H22F2N6O2S. The van der Waals surface area contributed by atoms with Crippen LogP contribution in [-0.4, -0.2) is 32.8 Å². The van der Waals surface area contributed by atoms with Crippen LogP contribution in [0.5, 0.6) is 0 Å². The minimum Gasteiger partial charge on any atom is -0.389 e. The van der Waals surface area contributed by atoms with Crippen LogP contribution in [0.1, 0.15) is 41.9 Å². The predicted molar refractivity (Wildman–Crippen MR) is 116 cm³/mol. The number of carbonyl (C=O) groups excluding carboxylic acids is 1. The van der Waals surface area contributed by atoms with Crippen LogP contribution in [0.4, 0.5) is 19.5 Å². The number of aryl methyl sites for hydroxylation is 1. The third-order valence-corrected chi connectivity index (χ3v) is 7.13. The number of thiazole rings is 1. The number of benzene rings is 1. The first-order chi connectivity index (χ1) is 15.3. The van der Waals surface area contributed by atoms with Crippen molar-refractivity contribution >= 4 is 27.9 Å². The molecule has 11 heteroatoms. The molecule has 2 aromatic heterocycles. The Morgan fingerprint density at radius 2 is 2.03 bits per heavy atom. The predicted octanol–water partition coefficient (Wildman–Crippen LogP) is 3.15. The topological polar surface area (TPSA) is 121 Å². The minimum atomic E-state index is -0.775. The summed E-state index contributed by atoms with van der Waals surface area (Å²) < 4.78 is 36.3. The van der Waals surface area contributed by atoms with E-state index >= 15 is 0 Å². The second-order valence-corrected chi connectivity index (χ2v) is 9.24. The molecule has 3 atom stereocenters. The Hall–Kier alpha value is -2.89. The molecule has 2 bridgehead atoms. The normalized spacial score (nSPS) is 24.6. The van der Waals surface area contributed by atoms with E-state index in [4.69, 9.17) is 16.2 Å². The van der Waals surface area contributed by atoms with Gasteiger partial charge in [-0.2, -0.15) is 5.10 Å². The maximum Gasteiger partial charge on any atom is 0.277 e. The molecule has 2 saturated heterocycles. The van der Waals surface area contributed by atoms with E-state index in [-0.39, 0.29) is 33.4 Å². The zero-order valence-electron chi connectivity index (χ0n) is 17.3. The van der Waals surface area contributed by atoms with E-state index in [0.717, 1.165) is 54.8 Å². The number of rotatable bonds is 4. The summed E-state index contributed by atoms with van der Waals surface area (Å²) >= 11 is 0.849. The molecule has 0 aliphatic carbocycles. The third-order valence-electron chi connectivity index (χ3n) is 6.23. The summed E-state index contributed by atoms with van der Waals surface area (Å²) in [5.41, 5.74) is 12.4. The van der Waals surface area contributed by atoms with Crippen LogP contribution in [0.15, 0.2) is 24.4 Å². The highest BCUT2D eigenvalue weighted by molar-refractivity contribution is 7.19. The number of ether oxygens (including phenoxy) is 1. The molecule has 0 saturated carbocycles. The molecule has 3 aromatic rings. The van der Waals surface area contributed by atoms with Crippen LogP contribution >= 0.6 is 11.3 Å². The van der Waals surface area contributed by atoms with Gasteiger partial charge in [-0.25, -0.2) is 13.8 Å². The van der Waals surface area contributed by atoms with Crippen molar-refractivity contribution in [1.82, 2.24) is 14.8 Å². The first-order valence-corrected chi connectivity index (χ1v) is 11.1. The van der Waals surface area contributed by atoms with Crippen molar-refractivity contribution < 1.29 is 18.3 Å². The average Bonchev–Trinajstić information content (AvgIpc) is 3.42. The molecule has 4 heterocycles. The summed E-state index contributed by atoms with van der Waals surface area (Å²) in [5.74, 6) is -2.14. The van der Waals surface area contributed by atoms with Gasteiger partial charge in [-0.1, -0.05) is 17.4 Å². The van der Waals surface area contributed by atoms with E-state index in [0.29, 0.717) is 5.69 Å². The van der Waals surface area contributed by atoms with Gasteiger partial charge in [0.05, 0.1) is 29.2 Å². The molecule has 0 unspecified atom stereocenters. The van der Waals surface area contributed by atoms with E-state index in [9.17, 15) is 13.6 Å². The summed E-state index contributed by atoms with van der Waals surface area (Å²) in [6, 6.07) is 3.52. The largest absolute Gasteiger partial charge is 0.389 e. The lowest BCUT2D eigenvalue weighted by Crippen LogP contribution is -2.43. The third kappa shape index (κ3) is 3.28. The fraction of sp³-hybridized carbons (Fsp3) is 0.381. The van der Waals surface area contributed by atoms with Gasteiger partial charge in [-0.15, -0.1) is 0 Å². The van der Waals surface area contributed by atoms with Crippen LogP contribution < -0.4 is 16.8 Å². The van der Waals surface area contributed by atoms with E-state index in [1.165, 1.54) is 6.07 Å². The van der Waals surface area contributed by atoms with Crippen LogP contribution in [0.25, 0.3) is 10.6 Å². The van der Waals surface area contributed by atoms with E-state index < -0.39 is 23.1 Å². The Balaban J connectivity index is 1.45. The highest BCUT2D eigenvalue weighted by atomic mass is 32.1. The number of aromatic nitrogens is 3. The lowest BCUT2D eigenvalue weighted by Gasteiger charge is -2.37. The van der Waals surface area contributed by atoms with E-state index in [2.05, 4.69) is 15.4 Å². The molecule has 2 aliphatic rings. The van der Waals surface area contributed by atoms with Crippen molar-refractivity contribution in [2.24, 2.45) is 12.8 Å². The van der Waals surface area contributed by atoms with Gasteiger partial charge >= 0.3 is 0 Å². The van der Waals surface area contributed by atoms with Gasteiger partial charge in [0.2, 0.25) is 0 Å². The molecule has 2 aliphatic heterocycles. The number of nitrogens with two attached hydrogens (primary N) is 2. The summed E-state index contributed by atoms with van der Waals surface area (Å²) in [7, 11) is 1.79. The number of nitrogen functional groups attached to an aromatic ring is 1. The smallest absolute Gasteiger partial charge is 0.277 e. The van der Waals surface area contributed by atoms with Crippen molar-refractivity contribution in [2.45, 2.75) is 43.4 Å². The van der Waals surface area contributed by atoms with Gasteiger partial charge < -0.3 is 21.5 Å². The molecule has 168 valence electrons. The maximum atomic E-state index is 14.2. The minimum absolute atomic E-state index is 0.00325. The number of carbonyl (C=O) groups is 1. The molecule has 0 radical (unpaired) electrons. The van der Waals surface area contributed by atoms with Crippen molar-refractivity contribution in [3.05, 3.63) is 47.4 Å². The Morgan fingerprint density at radius 1 is 1.31 bits per heavy atom. The Bertz CT molecular complexity index is 1190. The summed E-state index contributed by atoms with van der Waals surface area (Å²) in [6.07, 6.45) is 4.70. The number of amides is 1.